The molecule has 0 unspecified atom stereocenters. The fraction of sp³-hybridized carbons (Fsp3) is 0.105. The molecule has 2 aromatic carbocycles. The molecule has 3 rings (SSSR count). The van der Waals surface area contributed by atoms with Gasteiger partial charge in [0.1, 0.15) is 5.82 Å². The number of carbonyl (C=O) groups excluding carboxylic acids is 1. The van der Waals surface area contributed by atoms with Crippen LogP contribution >= 0.6 is 15.9 Å². The molecule has 6 heteroatoms. The van der Waals surface area contributed by atoms with Crippen molar-refractivity contribution in [3.05, 3.63) is 88.4 Å². The van der Waals surface area contributed by atoms with E-state index >= 15 is 0 Å². The van der Waals surface area contributed by atoms with E-state index in [9.17, 15) is 9.18 Å². The number of rotatable bonds is 5. The van der Waals surface area contributed by atoms with Gasteiger partial charge in [-0.25, -0.2) is 9.18 Å². The lowest BCUT2D eigenvalue weighted by atomic mass is 10.2. The molecule has 0 radical (unpaired) electrons. The first-order chi connectivity index (χ1) is 12.1. The minimum atomic E-state index is -0.281. The summed E-state index contributed by atoms with van der Waals surface area (Å²) in [6, 6.07) is 17.4. The van der Waals surface area contributed by atoms with Crippen LogP contribution in [-0.4, -0.2) is 10.6 Å². The van der Waals surface area contributed by atoms with Crippen molar-refractivity contribution in [1.29, 1.82) is 0 Å². The third-order valence-corrected chi connectivity index (χ3v) is 4.17. The van der Waals surface area contributed by atoms with Crippen molar-refractivity contribution in [2.45, 2.75) is 13.1 Å². The van der Waals surface area contributed by atoms with Gasteiger partial charge in [-0.05, 0) is 48.0 Å². The third kappa shape index (κ3) is 4.93. The van der Waals surface area contributed by atoms with Crippen molar-refractivity contribution in [3.63, 3.8) is 0 Å². The van der Waals surface area contributed by atoms with E-state index in [1.165, 1.54) is 12.1 Å². The van der Waals surface area contributed by atoms with Gasteiger partial charge in [-0.3, -0.25) is 0 Å². The van der Waals surface area contributed by atoms with Gasteiger partial charge in [0.2, 0.25) is 0 Å². The minimum Gasteiger partial charge on any atom is -0.345 e. The molecule has 0 spiro atoms. The topological polar surface area (TPSA) is 46.1 Å². The van der Waals surface area contributed by atoms with Crippen LogP contribution in [0.25, 0.3) is 0 Å². The summed E-state index contributed by atoms with van der Waals surface area (Å²) < 4.78 is 16.2. The summed E-state index contributed by atoms with van der Waals surface area (Å²) in [4.78, 5) is 12.0. The van der Waals surface area contributed by atoms with E-state index in [1.54, 1.807) is 6.07 Å². The Morgan fingerprint density at radius 2 is 1.92 bits per heavy atom. The number of benzene rings is 2. The largest absolute Gasteiger partial charge is 0.345 e. The number of amides is 2. The number of hydrogen-bond acceptors (Lipinski definition) is 1. The third-order valence-electron chi connectivity index (χ3n) is 3.68. The van der Waals surface area contributed by atoms with Crippen molar-refractivity contribution in [2.75, 3.05) is 5.32 Å². The molecule has 0 aliphatic heterocycles. The Hall–Kier alpha value is -2.60. The maximum Gasteiger partial charge on any atom is 0.319 e. The Morgan fingerprint density at radius 3 is 2.72 bits per heavy atom. The zero-order valence-electron chi connectivity index (χ0n) is 13.4. The summed E-state index contributed by atoms with van der Waals surface area (Å²) in [6.07, 6.45) is 1.91. The summed E-state index contributed by atoms with van der Waals surface area (Å²) in [7, 11) is 0. The number of halogens is 2. The second-order valence-electron chi connectivity index (χ2n) is 5.58. The molecule has 128 valence electrons. The molecule has 0 aliphatic rings. The van der Waals surface area contributed by atoms with Gasteiger partial charge in [0.05, 0.1) is 6.54 Å². The Morgan fingerprint density at radius 1 is 1.08 bits per heavy atom. The number of nitrogens with zero attached hydrogens (tertiary/aromatic N) is 1. The molecule has 2 amide bonds. The Kier molecular flexibility index (Phi) is 5.50. The van der Waals surface area contributed by atoms with Gasteiger partial charge in [-0.15, -0.1) is 0 Å². The number of hydrogen-bond donors (Lipinski definition) is 2. The van der Waals surface area contributed by atoms with Crippen LogP contribution in [0.4, 0.5) is 14.9 Å². The lowest BCUT2D eigenvalue weighted by molar-refractivity contribution is 0.251. The van der Waals surface area contributed by atoms with Crippen LogP contribution in [0.5, 0.6) is 0 Å². The van der Waals surface area contributed by atoms with Crippen LogP contribution < -0.4 is 10.6 Å². The minimum absolute atomic E-state index is 0.252. The lowest BCUT2D eigenvalue weighted by Crippen LogP contribution is -2.29. The van der Waals surface area contributed by atoms with E-state index in [4.69, 9.17) is 0 Å². The quantitative estimate of drug-likeness (QED) is 0.635. The highest BCUT2D eigenvalue weighted by Crippen LogP contribution is 2.15. The van der Waals surface area contributed by atoms with Gasteiger partial charge in [-0.1, -0.05) is 34.1 Å². The SMILES string of the molecule is O=C(NCc1cccn1Cc1cccc(F)c1)Nc1cccc(Br)c1. The average molecular weight is 402 g/mol. The van der Waals surface area contributed by atoms with E-state index in [1.807, 2.05) is 53.2 Å². The highest BCUT2D eigenvalue weighted by molar-refractivity contribution is 9.10. The standard InChI is InChI=1S/C19H17BrFN3O/c20-15-5-2-7-17(11-15)23-19(25)22-12-18-8-3-9-24(18)13-14-4-1-6-16(21)10-14/h1-11H,12-13H2,(H2,22,23,25). The Balaban J connectivity index is 1.58. The van der Waals surface area contributed by atoms with Crippen molar-refractivity contribution >= 4 is 27.6 Å². The molecule has 25 heavy (non-hydrogen) atoms. The zero-order chi connectivity index (χ0) is 17.6. The van der Waals surface area contributed by atoms with Gasteiger partial charge < -0.3 is 15.2 Å². The lowest BCUT2D eigenvalue weighted by Gasteiger charge is -2.11. The molecule has 0 saturated carbocycles. The molecular formula is C19H17BrFN3O. The van der Waals surface area contributed by atoms with Gasteiger partial charge in [0.25, 0.3) is 0 Å². The smallest absolute Gasteiger partial charge is 0.319 e. The second kappa shape index (κ2) is 7.98. The van der Waals surface area contributed by atoms with E-state index in [-0.39, 0.29) is 11.8 Å². The molecule has 2 N–H and O–H groups in total. The van der Waals surface area contributed by atoms with Crippen LogP contribution in [0.1, 0.15) is 11.3 Å². The van der Waals surface area contributed by atoms with E-state index < -0.39 is 0 Å². The predicted octanol–water partition coefficient (Wildman–Crippen LogP) is 4.76. The van der Waals surface area contributed by atoms with E-state index in [0.29, 0.717) is 18.8 Å². The number of aromatic nitrogens is 1. The Bertz CT molecular complexity index is 878. The molecule has 0 saturated heterocycles. The predicted molar refractivity (Wildman–Crippen MR) is 99.9 cm³/mol. The normalized spacial score (nSPS) is 10.5. The number of anilines is 1. The van der Waals surface area contributed by atoms with E-state index in [2.05, 4.69) is 26.6 Å². The number of nitrogens with one attached hydrogen (secondary N) is 2. The van der Waals surface area contributed by atoms with Gasteiger partial charge >= 0.3 is 6.03 Å². The zero-order valence-corrected chi connectivity index (χ0v) is 15.0. The molecule has 0 bridgehead atoms. The number of urea groups is 1. The molecule has 3 aromatic rings. The van der Waals surface area contributed by atoms with Crippen LogP contribution in [-0.2, 0) is 13.1 Å². The summed E-state index contributed by atoms with van der Waals surface area (Å²) in [5.74, 6) is -0.252. The average Bonchev–Trinajstić information content (AvgIpc) is 3.00. The summed E-state index contributed by atoms with van der Waals surface area (Å²) in [5, 5.41) is 5.61. The van der Waals surface area contributed by atoms with Gasteiger partial charge in [0, 0.05) is 28.6 Å². The van der Waals surface area contributed by atoms with Crippen LogP contribution in [0.3, 0.4) is 0 Å². The van der Waals surface area contributed by atoms with Gasteiger partial charge in [-0.2, -0.15) is 0 Å². The molecule has 0 atom stereocenters. The highest BCUT2D eigenvalue weighted by atomic mass is 79.9. The maximum atomic E-state index is 13.3. The monoisotopic (exact) mass is 401 g/mol. The molecule has 1 aromatic heterocycles. The highest BCUT2D eigenvalue weighted by Gasteiger charge is 2.06. The van der Waals surface area contributed by atoms with Crippen LogP contribution in [0.2, 0.25) is 0 Å². The van der Waals surface area contributed by atoms with Crippen molar-refractivity contribution in [2.24, 2.45) is 0 Å². The van der Waals surface area contributed by atoms with Gasteiger partial charge in [0.15, 0.2) is 0 Å². The molecule has 0 fully saturated rings. The van der Waals surface area contributed by atoms with Crippen molar-refractivity contribution in [1.82, 2.24) is 9.88 Å². The molecule has 0 aliphatic carbocycles. The number of carbonyl (C=O) groups is 1. The molecular weight excluding hydrogens is 385 g/mol. The first-order valence-corrected chi connectivity index (χ1v) is 8.58. The first-order valence-electron chi connectivity index (χ1n) is 7.79. The van der Waals surface area contributed by atoms with Crippen LogP contribution in [0, 0.1) is 5.82 Å². The summed E-state index contributed by atoms with van der Waals surface area (Å²) >= 11 is 3.37. The fourth-order valence-electron chi connectivity index (χ4n) is 2.51. The van der Waals surface area contributed by atoms with Crippen molar-refractivity contribution in [3.8, 4) is 0 Å². The molecule has 4 nitrogen and oxygen atoms in total. The fourth-order valence-corrected chi connectivity index (χ4v) is 2.91. The maximum absolute atomic E-state index is 13.3. The summed E-state index contributed by atoms with van der Waals surface area (Å²) in [5.41, 5.74) is 2.52. The molecule has 1 heterocycles. The van der Waals surface area contributed by atoms with E-state index in [0.717, 1.165) is 15.7 Å². The Labute approximate surface area is 153 Å². The van der Waals surface area contributed by atoms with Crippen molar-refractivity contribution < 1.29 is 9.18 Å². The van der Waals surface area contributed by atoms with Crippen LogP contribution in [0.15, 0.2) is 71.3 Å². The second-order valence-corrected chi connectivity index (χ2v) is 6.49. The summed E-state index contributed by atoms with van der Waals surface area (Å²) in [6.45, 7) is 0.928. The first kappa shape index (κ1) is 17.2.